The number of carbonyl (C=O) groups excluding carboxylic acids is 1. The van der Waals surface area contributed by atoms with Gasteiger partial charge in [0.15, 0.2) is 0 Å². The first-order chi connectivity index (χ1) is 12.1. The van der Waals surface area contributed by atoms with Crippen molar-refractivity contribution in [3.05, 3.63) is 59.7 Å². The number of nitrogens with zero attached hydrogens (tertiary/aromatic N) is 1. The van der Waals surface area contributed by atoms with Crippen molar-refractivity contribution in [3.63, 3.8) is 0 Å². The van der Waals surface area contributed by atoms with Crippen LogP contribution in [-0.2, 0) is 6.42 Å². The van der Waals surface area contributed by atoms with Gasteiger partial charge in [-0.15, -0.1) is 0 Å². The van der Waals surface area contributed by atoms with Crippen LogP contribution in [0.25, 0.3) is 0 Å². The molecule has 0 aliphatic rings. The molecular formula is C20H24N2O3. The quantitative estimate of drug-likeness (QED) is 0.587. The van der Waals surface area contributed by atoms with Gasteiger partial charge in [-0.1, -0.05) is 12.1 Å². The maximum atomic E-state index is 12.1. The average molecular weight is 340 g/mol. The molecule has 25 heavy (non-hydrogen) atoms. The summed E-state index contributed by atoms with van der Waals surface area (Å²) in [5, 5.41) is 4.17. The Morgan fingerprint density at radius 3 is 2.28 bits per heavy atom. The highest BCUT2D eigenvalue weighted by Gasteiger charge is 2.05. The van der Waals surface area contributed by atoms with E-state index in [9.17, 15) is 4.79 Å². The molecule has 1 amide bonds. The molecule has 5 nitrogen and oxygen atoms in total. The van der Waals surface area contributed by atoms with Crippen molar-refractivity contribution in [3.8, 4) is 11.5 Å². The second-order valence-electron chi connectivity index (χ2n) is 5.59. The predicted octanol–water partition coefficient (Wildman–Crippen LogP) is 3.83. The third-order valence-corrected chi connectivity index (χ3v) is 3.71. The minimum atomic E-state index is -0.230. The van der Waals surface area contributed by atoms with Crippen molar-refractivity contribution in [1.82, 2.24) is 5.43 Å². The zero-order valence-corrected chi connectivity index (χ0v) is 14.9. The third-order valence-electron chi connectivity index (χ3n) is 3.71. The van der Waals surface area contributed by atoms with Gasteiger partial charge in [-0.3, -0.25) is 4.79 Å². The summed E-state index contributed by atoms with van der Waals surface area (Å²) in [7, 11) is 1.65. The molecule has 2 aromatic carbocycles. The monoisotopic (exact) mass is 340 g/mol. The third kappa shape index (κ3) is 5.95. The molecule has 0 saturated heterocycles. The van der Waals surface area contributed by atoms with Crippen LogP contribution in [0.2, 0.25) is 0 Å². The molecule has 0 aliphatic carbocycles. The Hall–Kier alpha value is -2.82. The van der Waals surface area contributed by atoms with Gasteiger partial charge < -0.3 is 9.47 Å². The molecular weight excluding hydrogens is 316 g/mol. The minimum Gasteiger partial charge on any atom is -0.497 e. The van der Waals surface area contributed by atoms with Crippen LogP contribution in [0.4, 0.5) is 0 Å². The Balaban J connectivity index is 1.83. The van der Waals surface area contributed by atoms with Gasteiger partial charge >= 0.3 is 0 Å². The fourth-order valence-corrected chi connectivity index (χ4v) is 2.25. The molecule has 0 radical (unpaired) electrons. The van der Waals surface area contributed by atoms with Gasteiger partial charge in [0.05, 0.1) is 13.7 Å². The second-order valence-corrected chi connectivity index (χ2v) is 5.59. The summed E-state index contributed by atoms with van der Waals surface area (Å²) in [5.41, 5.74) is 5.22. The van der Waals surface area contributed by atoms with Crippen LogP contribution in [0.1, 0.15) is 36.2 Å². The lowest BCUT2D eigenvalue weighted by atomic mass is 10.1. The van der Waals surface area contributed by atoms with Gasteiger partial charge in [-0.2, -0.15) is 5.10 Å². The number of benzene rings is 2. The Bertz CT molecular complexity index is 707. The number of aryl methyl sites for hydroxylation is 1. The summed E-state index contributed by atoms with van der Waals surface area (Å²) in [6, 6.07) is 14.9. The normalized spacial score (nSPS) is 11.1. The van der Waals surface area contributed by atoms with Crippen LogP contribution >= 0.6 is 0 Å². The molecule has 132 valence electrons. The molecule has 0 heterocycles. The number of amides is 1. The Labute approximate surface area is 148 Å². The number of carbonyl (C=O) groups is 1. The number of hydrogen-bond donors (Lipinski definition) is 1. The van der Waals surface area contributed by atoms with Crippen molar-refractivity contribution >= 4 is 11.6 Å². The van der Waals surface area contributed by atoms with E-state index >= 15 is 0 Å². The van der Waals surface area contributed by atoms with Gasteiger partial charge in [0, 0.05) is 11.3 Å². The van der Waals surface area contributed by atoms with Gasteiger partial charge in [-0.25, -0.2) is 5.43 Å². The molecule has 0 atom stereocenters. The number of ether oxygens (including phenoxy) is 2. The summed E-state index contributed by atoms with van der Waals surface area (Å²) in [4.78, 5) is 12.1. The molecule has 0 saturated carbocycles. The van der Waals surface area contributed by atoms with Crippen LogP contribution in [0.15, 0.2) is 53.6 Å². The predicted molar refractivity (Wildman–Crippen MR) is 99.5 cm³/mol. The van der Waals surface area contributed by atoms with Gasteiger partial charge in [-0.05, 0) is 68.7 Å². The Morgan fingerprint density at radius 1 is 1.04 bits per heavy atom. The van der Waals surface area contributed by atoms with Crippen LogP contribution in [0, 0.1) is 0 Å². The molecule has 2 aromatic rings. The van der Waals surface area contributed by atoms with Crippen molar-refractivity contribution in [1.29, 1.82) is 0 Å². The smallest absolute Gasteiger partial charge is 0.271 e. The topological polar surface area (TPSA) is 59.9 Å². The van der Waals surface area contributed by atoms with Crippen molar-refractivity contribution < 1.29 is 14.3 Å². The van der Waals surface area contributed by atoms with E-state index in [4.69, 9.17) is 9.47 Å². The van der Waals surface area contributed by atoms with E-state index in [-0.39, 0.29) is 5.91 Å². The van der Waals surface area contributed by atoms with E-state index in [1.807, 2.05) is 38.1 Å². The first-order valence-electron chi connectivity index (χ1n) is 8.31. The van der Waals surface area contributed by atoms with E-state index < -0.39 is 0 Å². The van der Waals surface area contributed by atoms with Gasteiger partial charge in [0.2, 0.25) is 0 Å². The van der Waals surface area contributed by atoms with Crippen LogP contribution in [0.5, 0.6) is 11.5 Å². The standard InChI is InChI=1S/C20H24N2O3/c1-4-25-19-13-9-17(10-14-19)20(23)22-21-15(2)5-6-16-7-11-18(24-3)12-8-16/h7-14H,4-6H2,1-3H3,(H,22,23)/b21-15-. The molecule has 0 unspecified atom stereocenters. The van der Waals surface area contributed by atoms with Crippen molar-refractivity contribution in [2.45, 2.75) is 26.7 Å². The summed E-state index contributed by atoms with van der Waals surface area (Å²) >= 11 is 0. The lowest BCUT2D eigenvalue weighted by molar-refractivity contribution is 0.0954. The second kappa shape index (κ2) is 9.47. The minimum absolute atomic E-state index is 0.230. The summed E-state index contributed by atoms with van der Waals surface area (Å²) in [6.45, 7) is 4.43. The number of hydrogen-bond acceptors (Lipinski definition) is 4. The largest absolute Gasteiger partial charge is 0.497 e. The first kappa shape index (κ1) is 18.5. The van der Waals surface area contributed by atoms with Crippen molar-refractivity contribution in [2.24, 2.45) is 5.10 Å². The molecule has 5 heteroatoms. The highest BCUT2D eigenvalue weighted by Crippen LogP contribution is 2.13. The molecule has 2 rings (SSSR count). The summed E-state index contributed by atoms with van der Waals surface area (Å²) < 4.78 is 10.5. The van der Waals surface area contributed by atoms with E-state index in [1.54, 1.807) is 31.4 Å². The Kier molecular flexibility index (Phi) is 7.01. The summed E-state index contributed by atoms with van der Waals surface area (Å²) in [6.07, 6.45) is 1.63. The highest BCUT2D eigenvalue weighted by molar-refractivity contribution is 5.95. The maximum Gasteiger partial charge on any atom is 0.271 e. The lowest BCUT2D eigenvalue weighted by Gasteiger charge is -2.06. The molecule has 0 fully saturated rings. The van der Waals surface area contributed by atoms with E-state index in [0.29, 0.717) is 12.2 Å². The summed E-state index contributed by atoms with van der Waals surface area (Å²) in [5.74, 6) is 1.36. The maximum absolute atomic E-state index is 12.1. The number of methoxy groups -OCH3 is 1. The van der Waals surface area contributed by atoms with Crippen molar-refractivity contribution in [2.75, 3.05) is 13.7 Å². The highest BCUT2D eigenvalue weighted by atomic mass is 16.5. The molecule has 0 bridgehead atoms. The average Bonchev–Trinajstić information content (AvgIpc) is 2.65. The number of hydrazone groups is 1. The van der Waals surface area contributed by atoms with Gasteiger partial charge in [0.25, 0.3) is 5.91 Å². The lowest BCUT2D eigenvalue weighted by Crippen LogP contribution is -2.19. The molecule has 0 spiro atoms. The number of rotatable bonds is 8. The number of nitrogens with one attached hydrogen (secondary N) is 1. The Morgan fingerprint density at radius 2 is 1.68 bits per heavy atom. The van der Waals surface area contributed by atoms with E-state index in [1.165, 1.54) is 5.56 Å². The van der Waals surface area contributed by atoms with E-state index in [2.05, 4.69) is 10.5 Å². The zero-order chi connectivity index (χ0) is 18.1. The van der Waals surface area contributed by atoms with Gasteiger partial charge in [0.1, 0.15) is 11.5 Å². The van der Waals surface area contributed by atoms with Crippen LogP contribution in [0.3, 0.4) is 0 Å². The SMILES string of the molecule is CCOc1ccc(C(=O)N/N=C(/C)CCc2ccc(OC)cc2)cc1. The zero-order valence-electron chi connectivity index (χ0n) is 14.9. The molecule has 0 aromatic heterocycles. The molecule has 1 N–H and O–H groups in total. The fourth-order valence-electron chi connectivity index (χ4n) is 2.25. The molecule has 0 aliphatic heterocycles. The first-order valence-corrected chi connectivity index (χ1v) is 8.31. The van der Waals surface area contributed by atoms with Crippen LogP contribution < -0.4 is 14.9 Å². The van der Waals surface area contributed by atoms with E-state index in [0.717, 1.165) is 30.1 Å². The fraction of sp³-hybridized carbons (Fsp3) is 0.300. The van der Waals surface area contributed by atoms with Crippen LogP contribution in [-0.4, -0.2) is 25.3 Å².